The molecule has 0 saturated carbocycles. The topological polar surface area (TPSA) is 75.8 Å². The Labute approximate surface area is 144 Å². The van der Waals surface area contributed by atoms with Gasteiger partial charge in [0.25, 0.3) is 0 Å². The van der Waals surface area contributed by atoms with Crippen LogP contribution in [-0.4, -0.2) is 30.4 Å². The minimum absolute atomic E-state index is 0.0988. The molecule has 25 heavy (non-hydrogen) atoms. The van der Waals surface area contributed by atoms with Gasteiger partial charge in [-0.05, 0) is 44.5 Å². The summed E-state index contributed by atoms with van der Waals surface area (Å²) in [7, 11) is 1.28. The van der Waals surface area contributed by atoms with Crippen molar-refractivity contribution in [2.75, 3.05) is 13.7 Å². The zero-order chi connectivity index (χ0) is 18.7. The molecule has 0 spiro atoms. The van der Waals surface area contributed by atoms with Crippen LogP contribution in [0.2, 0.25) is 0 Å². The van der Waals surface area contributed by atoms with Crippen molar-refractivity contribution < 1.29 is 28.4 Å². The van der Waals surface area contributed by atoms with Crippen molar-refractivity contribution in [2.45, 2.75) is 26.8 Å². The van der Waals surface area contributed by atoms with Gasteiger partial charge in [0.15, 0.2) is 11.6 Å². The number of benzene rings is 1. The number of H-pyrrole nitrogens is 1. The van der Waals surface area contributed by atoms with Crippen LogP contribution in [0.5, 0.6) is 0 Å². The molecule has 0 aliphatic rings. The third kappa shape index (κ3) is 3.93. The summed E-state index contributed by atoms with van der Waals surface area (Å²) in [6.45, 7) is 5.28. The summed E-state index contributed by atoms with van der Waals surface area (Å²) in [5.74, 6) is -2.50. The fourth-order valence-electron chi connectivity index (χ4n) is 2.75. The number of halogens is 2. The molecular weight excluding hydrogens is 330 g/mol. The Hall–Kier alpha value is -2.54. The maximum absolute atomic E-state index is 13.3. The third-order valence-corrected chi connectivity index (χ3v) is 4.23. The van der Waals surface area contributed by atoms with Gasteiger partial charge >= 0.3 is 5.97 Å². The van der Waals surface area contributed by atoms with Crippen molar-refractivity contribution in [3.63, 3.8) is 0 Å². The van der Waals surface area contributed by atoms with E-state index in [1.165, 1.54) is 13.2 Å². The van der Waals surface area contributed by atoms with E-state index in [9.17, 15) is 18.4 Å². The number of nitrogens with one attached hydrogen (secondary N) is 1. The highest BCUT2D eigenvalue weighted by Crippen LogP contribution is 2.19. The van der Waals surface area contributed by atoms with Crippen LogP contribution in [0.3, 0.4) is 0 Å². The molecule has 0 fully saturated rings. The normalized spacial score (nSPS) is 12.1. The lowest BCUT2D eigenvalue weighted by Gasteiger charge is -2.11. The number of ketones is 1. The monoisotopic (exact) mass is 351 g/mol. The SMILES string of the molecule is COC(=O)c1c(C)[nH]c(C(=O)C[NH2+][C@H](C)c2ccc(F)c(F)c2)c1C. The quantitative estimate of drug-likeness (QED) is 0.619. The van der Waals surface area contributed by atoms with Gasteiger partial charge in [-0.25, -0.2) is 13.6 Å². The first-order valence-electron chi connectivity index (χ1n) is 7.85. The fraction of sp³-hybridized carbons (Fsp3) is 0.333. The van der Waals surface area contributed by atoms with Gasteiger partial charge in [-0.1, -0.05) is 0 Å². The lowest BCUT2D eigenvalue weighted by molar-refractivity contribution is -0.681. The largest absolute Gasteiger partial charge is 0.465 e. The molecule has 0 radical (unpaired) electrons. The van der Waals surface area contributed by atoms with Crippen molar-refractivity contribution in [1.29, 1.82) is 0 Å². The number of Topliss-reactive ketones (excluding diaryl/α,β-unsaturated/α-hetero) is 1. The van der Waals surface area contributed by atoms with Crippen LogP contribution in [0.4, 0.5) is 8.78 Å². The van der Waals surface area contributed by atoms with Crippen LogP contribution in [0.25, 0.3) is 0 Å². The number of methoxy groups -OCH3 is 1. The summed E-state index contributed by atoms with van der Waals surface area (Å²) < 4.78 is 31.0. The summed E-state index contributed by atoms with van der Waals surface area (Å²) >= 11 is 0. The number of hydrogen-bond donors (Lipinski definition) is 2. The molecule has 0 saturated heterocycles. The highest BCUT2D eigenvalue weighted by molar-refractivity contribution is 6.01. The summed E-state index contributed by atoms with van der Waals surface area (Å²) in [5, 5.41) is 1.72. The Balaban J connectivity index is 2.10. The number of hydrogen-bond acceptors (Lipinski definition) is 3. The standard InChI is InChI=1S/C18H20F2N2O3/c1-9-16(18(24)25-4)11(3)22-17(9)15(23)8-21-10(2)12-5-6-13(19)14(20)7-12/h5-7,10,21-22H,8H2,1-4H3/p+1/t10-/m1/s1. The number of aromatic nitrogens is 1. The van der Waals surface area contributed by atoms with E-state index >= 15 is 0 Å². The van der Waals surface area contributed by atoms with Gasteiger partial charge in [0.1, 0.15) is 12.6 Å². The Bertz CT molecular complexity index is 815. The lowest BCUT2D eigenvalue weighted by Crippen LogP contribution is -2.86. The molecule has 0 aliphatic heterocycles. The maximum atomic E-state index is 13.3. The molecule has 1 atom stereocenters. The lowest BCUT2D eigenvalue weighted by atomic mass is 10.1. The van der Waals surface area contributed by atoms with Crippen molar-refractivity contribution >= 4 is 11.8 Å². The molecule has 1 aromatic heterocycles. The van der Waals surface area contributed by atoms with Crippen molar-refractivity contribution in [1.82, 2.24) is 4.98 Å². The number of esters is 1. The molecule has 1 aromatic carbocycles. The van der Waals surface area contributed by atoms with Gasteiger partial charge in [-0.2, -0.15) is 0 Å². The zero-order valence-electron chi connectivity index (χ0n) is 14.6. The minimum atomic E-state index is -0.914. The summed E-state index contributed by atoms with van der Waals surface area (Å²) in [6.07, 6.45) is 0. The van der Waals surface area contributed by atoms with E-state index in [-0.39, 0.29) is 18.4 Å². The van der Waals surface area contributed by atoms with Gasteiger partial charge in [-0.15, -0.1) is 0 Å². The molecule has 0 unspecified atom stereocenters. The van der Waals surface area contributed by atoms with Gasteiger partial charge in [0.05, 0.1) is 18.4 Å². The predicted octanol–water partition coefficient (Wildman–Crippen LogP) is 2.20. The van der Waals surface area contributed by atoms with E-state index in [0.717, 1.165) is 12.1 Å². The molecule has 2 rings (SSSR count). The predicted molar refractivity (Wildman–Crippen MR) is 87.5 cm³/mol. The Morgan fingerprint density at radius 2 is 1.92 bits per heavy atom. The summed E-state index contributed by atoms with van der Waals surface area (Å²) in [6, 6.07) is 3.46. The smallest absolute Gasteiger partial charge is 0.339 e. The van der Waals surface area contributed by atoms with Crippen molar-refractivity contribution in [3.8, 4) is 0 Å². The average molecular weight is 351 g/mol. The molecule has 1 heterocycles. The number of carbonyl (C=O) groups excluding carboxylic acids is 2. The second-order valence-corrected chi connectivity index (χ2v) is 5.94. The van der Waals surface area contributed by atoms with Crippen LogP contribution in [0.1, 0.15) is 50.6 Å². The first-order valence-corrected chi connectivity index (χ1v) is 7.85. The molecule has 5 nitrogen and oxygen atoms in total. The molecule has 0 bridgehead atoms. The summed E-state index contributed by atoms with van der Waals surface area (Å²) in [4.78, 5) is 27.2. The van der Waals surface area contributed by atoms with Gasteiger partial charge in [0, 0.05) is 11.3 Å². The minimum Gasteiger partial charge on any atom is -0.465 e. The zero-order valence-corrected chi connectivity index (χ0v) is 14.6. The highest BCUT2D eigenvalue weighted by Gasteiger charge is 2.23. The van der Waals surface area contributed by atoms with Gasteiger partial charge in [0.2, 0.25) is 5.78 Å². The number of aryl methyl sites for hydroxylation is 1. The summed E-state index contributed by atoms with van der Waals surface area (Å²) in [5.41, 5.74) is 2.41. The van der Waals surface area contributed by atoms with Crippen LogP contribution < -0.4 is 5.32 Å². The fourth-order valence-corrected chi connectivity index (χ4v) is 2.75. The molecule has 0 amide bonds. The van der Waals surface area contributed by atoms with E-state index in [0.29, 0.717) is 28.1 Å². The molecule has 7 heteroatoms. The van der Waals surface area contributed by atoms with E-state index < -0.39 is 17.6 Å². The van der Waals surface area contributed by atoms with E-state index in [1.807, 2.05) is 0 Å². The molecule has 2 aromatic rings. The third-order valence-electron chi connectivity index (χ3n) is 4.23. The van der Waals surface area contributed by atoms with Crippen LogP contribution in [-0.2, 0) is 4.74 Å². The van der Waals surface area contributed by atoms with E-state index in [1.54, 1.807) is 26.1 Å². The molecule has 134 valence electrons. The number of nitrogens with two attached hydrogens (primary N) is 1. The number of rotatable bonds is 6. The van der Waals surface area contributed by atoms with Crippen LogP contribution in [0.15, 0.2) is 18.2 Å². The van der Waals surface area contributed by atoms with E-state index in [2.05, 4.69) is 4.98 Å². The maximum Gasteiger partial charge on any atom is 0.339 e. The van der Waals surface area contributed by atoms with Gasteiger partial charge < -0.3 is 15.0 Å². The Morgan fingerprint density at radius 3 is 2.52 bits per heavy atom. The second-order valence-electron chi connectivity index (χ2n) is 5.94. The van der Waals surface area contributed by atoms with Crippen molar-refractivity contribution in [2.24, 2.45) is 0 Å². The second kappa shape index (κ2) is 7.57. The number of quaternary nitrogens is 1. The molecule has 0 aliphatic carbocycles. The van der Waals surface area contributed by atoms with E-state index in [4.69, 9.17) is 4.74 Å². The molecular formula is C18H21F2N2O3+. The molecule has 3 N–H and O–H groups in total. The van der Waals surface area contributed by atoms with Crippen LogP contribution >= 0.6 is 0 Å². The Morgan fingerprint density at radius 1 is 1.24 bits per heavy atom. The van der Waals surface area contributed by atoms with Crippen molar-refractivity contribution in [3.05, 3.63) is 57.9 Å². The highest BCUT2D eigenvalue weighted by atomic mass is 19.2. The Kier molecular flexibility index (Phi) is 5.69. The van der Waals surface area contributed by atoms with Crippen LogP contribution in [0, 0.1) is 25.5 Å². The average Bonchev–Trinajstić information content (AvgIpc) is 2.88. The number of ether oxygens (including phenoxy) is 1. The number of aromatic amines is 1. The first kappa shape index (κ1) is 18.8. The first-order chi connectivity index (χ1) is 11.8. The van der Waals surface area contributed by atoms with Gasteiger partial charge in [-0.3, -0.25) is 4.79 Å². The number of carbonyl (C=O) groups is 2.